The predicted molar refractivity (Wildman–Crippen MR) is 81.9 cm³/mol. The fraction of sp³-hybridized carbons (Fsp3) is 0.429. The second-order valence-electron chi connectivity index (χ2n) is 5.18. The molecule has 25 heavy (non-hydrogen) atoms. The zero-order chi connectivity index (χ0) is 18.7. The van der Waals surface area contributed by atoms with Crippen LogP contribution in [0.2, 0.25) is 0 Å². The molecule has 0 atom stereocenters. The number of halogens is 3. The molecule has 0 unspecified atom stereocenters. The average Bonchev–Trinajstić information content (AvgIpc) is 3.04. The Balaban J connectivity index is 2.08. The molecule has 0 bridgehead atoms. The van der Waals surface area contributed by atoms with Crippen LogP contribution in [-0.4, -0.2) is 49.4 Å². The molecule has 0 aliphatic rings. The molecular weight excluding hydrogens is 363 g/mol. The Hall–Kier alpha value is -1.98. The summed E-state index contributed by atoms with van der Waals surface area (Å²) < 4.78 is 71.5. The maximum atomic E-state index is 12.5. The molecule has 0 spiro atoms. The molecule has 0 saturated carbocycles. The number of rotatable bonds is 7. The molecule has 2 aromatic rings. The van der Waals surface area contributed by atoms with Crippen molar-refractivity contribution in [3.63, 3.8) is 0 Å². The molecule has 0 amide bonds. The topological polar surface area (TPSA) is 85.5 Å². The van der Waals surface area contributed by atoms with Gasteiger partial charge in [-0.3, -0.25) is 0 Å². The van der Waals surface area contributed by atoms with Crippen LogP contribution in [0.3, 0.4) is 0 Å². The molecule has 0 fully saturated rings. The van der Waals surface area contributed by atoms with E-state index in [1.54, 1.807) is 12.1 Å². The van der Waals surface area contributed by atoms with Gasteiger partial charge in [-0.05, 0) is 5.56 Å². The molecule has 0 saturated heterocycles. The number of benzene rings is 1. The number of methoxy groups -OCH3 is 1. The van der Waals surface area contributed by atoms with Crippen molar-refractivity contribution >= 4 is 10.0 Å². The lowest BCUT2D eigenvalue weighted by atomic mass is 10.1. The smallest absolute Gasteiger partial charge is 0.384 e. The van der Waals surface area contributed by atoms with Gasteiger partial charge in [0.25, 0.3) is 0 Å². The van der Waals surface area contributed by atoms with Crippen molar-refractivity contribution in [1.29, 1.82) is 0 Å². The van der Waals surface area contributed by atoms with Gasteiger partial charge in [0, 0.05) is 26.3 Å². The molecule has 138 valence electrons. The number of ether oxygens (including phenoxy) is 1. The van der Waals surface area contributed by atoms with Gasteiger partial charge >= 0.3 is 12.1 Å². The van der Waals surface area contributed by atoms with Crippen LogP contribution < -0.4 is 0 Å². The number of alkyl halides is 3. The Morgan fingerprint density at radius 2 is 1.88 bits per heavy atom. The highest BCUT2D eigenvalue weighted by atomic mass is 32.2. The molecule has 11 heteroatoms. The van der Waals surface area contributed by atoms with E-state index >= 15 is 0 Å². The van der Waals surface area contributed by atoms with Crippen molar-refractivity contribution in [2.24, 2.45) is 0 Å². The minimum absolute atomic E-state index is 0.0883. The SMILES string of the molecule is COCCS(=O)(=O)N(C)Cc1ccc(-c2noc(C(F)(F)F)n2)cc1. The van der Waals surface area contributed by atoms with Gasteiger partial charge in [-0.2, -0.15) is 18.2 Å². The van der Waals surface area contributed by atoms with Crippen LogP contribution in [0.4, 0.5) is 13.2 Å². The third-order valence-corrected chi connectivity index (χ3v) is 5.07. The quantitative estimate of drug-likeness (QED) is 0.733. The van der Waals surface area contributed by atoms with Crippen molar-refractivity contribution in [3.05, 3.63) is 35.7 Å². The molecule has 0 aliphatic heterocycles. The first-order valence-corrected chi connectivity index (χ1v) is 8.67. The van der Waals surface area contributed by atoms with Crippen molar-refractivity contribution in [3.8, 4) is 11.4 Å². The van der Waals surface area contributed by atoms with E-state index < -0.39 is 22.1 Å². The zero-order valence-electron chi connectivity index (χ0n) is 13.4. The Morgan fingerprint density at radius 1 is 1.24 bits per heavy atom. The van der Waals surface area contributed by atoms with Crippen molar-refractivity contribution in [2.45, 2.75) is 12.7 Å². The highest BCUT2D eigenvalue weighted by Crippen LogP contribution is 2.29. The van der Waals surface area contributed by atoms with Crippen LogP contribution in [0.1, 0.15) is 11.5 Å². The number of aromatic nitrogens is 2. The Kier molecular flexibility index (Phi) is 5.80. The molecule has 2 rings (SSSR count). The second kappa shape index (κ2) is 7.50. The maximum Gasteiger partial charge on any atom is 0.471 e. The molecule has 0 aliphatic carbocycles. The summed E-state index contributed by atoms with van der Waals surface area (Å²) in [4.78, 5) is 3.29. The summed E-state index contributed by atoms with van der Waals surface area (Å²) in [6, 6.07) is 6.16. The molecule has 1 aromatic carbocycles. The molecule has 0 N–H and O–H groups in total. The standard InChI is InChI=1S/C14H16F3N3O4S/c1-20(25(21,22)8-7-23-2)9-10-3-5-11(6-4-10)12-18-13(24-19-12)14(15,16)17/h3-6H,7-9H2,1-2H3. The van der Waals surface area contributed by atoms with E-state index in [0.717, 1.165) is 0 Å². The van der Waals surface area contributed by atoms with Crippen LogP contribution in [0.25, 0.3) is 11.4 Å². The van der Waals surface area contributed by atoms with Gasteiger partial charge in [-0.25, -0.2) is 12.7 Å². The van der Waals surface area contributed by atoms with Gasteiger partial charge in [0.15, 0.2) is 0 Å². The summed E-state index contributed by atoms with van der Waals surface area (Å²) in [6.45, 7) is 0.206. The van der Waals surface area contributed by atoms with Crippen molar-refractivity contribution < 1.29 is 30.8 Å². The highest BCUT2D eigenvalue weighted by molar-refractivity contribution is 7.89. The fourth-order valence-electron chi connectivity index (χ4n) is 1.92. The van der Waals surface area contributed by atoms with Crippen molar-refractivity contribution in [2.75, 3.05) is 26.5 Å². The predicted octanol–water partition coefficient (Wildman–Crippen LogP) is 2.16. The molecule has 7 nitrogen and oxygen atoms in total. The third kappa shape index (κ3) is 5.00. The van der Waals surface area contributed by atoms with E-state index in [2.05, 4.69) is 14.7 Å². The van der Waals surface area contributed by atoms with Gasteiger partial charge < -0.3 is 9.26 Å². The first kappa shape index (κ1) is 19.3. The van der Waals surface area contributed by atoms with E-state index in [-0.39, 0.29) is 24.7 Å². The van der Waals surface area contributed by atoms with E-state index in [4.69, 9.17) is 4.74 Å². The van der Waals surface area contributed by atoms with Gasteiger partial charge in [0.05, 0.1) is 12.4 Å². The summed E-state index contributed by atoms with van der Waals surface area (Å²) in [5.74, 6) is -1.75. The Morgan fingerprint density at radius 3 is 2.40 bits per heavy atom. The normalized spacial score (nSPS) is 12.7. The van der Waals surface area contributed by atoms with Gasteiger partial charge in [0.1, 0.15) is 0 Å². The number of sulfonamides is 1. The molecule has 1 aromatic heterocycles. The first-order chi connectivity index (χ1) is 11.6. The number of nitrogens with zero attached hydrogens (tertiary/aromatic N) is 3. The van der Waals surface area contributed by atoms with Gasteiger partial charge in [-0.1, -0.05) is 29.4 Å². The lowest BCUT2D eigenvalue weighted by Crippen LogP contribution is -2.30. The van der Waals surface area contributed by atoms with Crippen LogP contribution in [0.5, 0.6) is 0 Å². The summed E-state index contributed by atoms with van der Waals surface area (Å²) in [6.07, 6.45) is -4.70. The Labute approximate surface area is 142 Å². The summed E-state index contributed by atoms with van der Waals surface area (Å²) >= 11 is 0. The molecule has 0 radical (unpaired) electrons. The largest absolute Gasteiger partial charge is 0.471 e. The highest BCUT2D eigenvalue weighted by Gasteiger charge is 2.38. The van der Waals surface area contributed by atoms with E-state index in [1.165, 1.54) is 30.6 Å². The summed E-state index contributed by atoms with van der Waals surface area (Å²) in [7, 11) is -0.601. The number of hydrogen-bond acceptors (Lipinski definition) is 6. The number of hydrogen-bond donors (Lipinski definition) is 0. The van der Waals surface area contributed by atoms with E-state index in [9.17, 15) is 21.6 Å². The van der Waals surface area contributed by atoms with Crippen LogP contribution >= 0.6 is 0 Å². The van der Waals surface area contributed by atoms with Crippen LogP contribution in [0.15, 0.2) is 28.8 Å². The first-order valence-electron chi connectivity index (χ1n) is 7.06. The summed E-state index contributed by atoms with van der Waals surface area (Å²) in [5.41, 5.74) is 0.986. The van der Waals surface area contributed by atoms with Gasteiger partial charge in [0.2, 0.25) is 15.8 Å². The van der Waals surface area contributed by atoms with Crippen LogP contribution in [-0.2, 0) is 27.5 Å². The minimum atomic E-state index is -4.70. The average molecular weight is 379 g/mol. The van der Waals surface area contributed by atoms with E-state index in [0.29, 0.717) is 11.1 Å². The third-order valence-electron chi connectivity index (χ3n) is 3.31. The zero-order valence-corrected chi connectivity index (χ0v) is 14.3. The van der Waals surface area contributed by atoms with Crippen molar-refractivity contribution in [1.82, 2.24) is 14.4 Å². The fourth-order valence-corrected chi connectivity index (χ4v) is 2.95. The van der Waals surface area contributed by atoms with Crippen LogP contribution in [0, 0.1) is 0 Å². The lowest BCUT2D eigenvalue weighted by Gasteiger charge is -2.17. The minimum Gasteiger partial charge on any atom is -0.384 e. The van der Waals surface area contributed by atoms with E-state index in [1.807, 2.05) is 0 Å². The van der Waals surface area contributed by atoms with Gasteiger partial charge in [-0.15, -0.1) is 0 Å². The second-order valence-corrected chi connectivity index (χ2v) is 7.38. The lowest BCUT2D eigenvalue weighted by molar-refractivity contribution is -0.159. The molecular formula is C14H16F3N3O4S. The molecule has 1 heterocycles. The maximum absolute atomic E-state index is 12.5. The monoisotopic (exact) mass is 379 g/mol. The summed E-state index contributed by atoms with van der Waals surface area (Å²) in [5, 5.41) is 3.29. The Bertz CT molecular complexity index is 803.